The van der Waals surface area contributed by atoms with Crippen LogP contribution in [-0.2, 0) is 0 Å². The average molecular weight is 298 g/mol. The Balaban J connectivity index is 2.28. The van der Waals surface area contributed by atoms with Crippen LogP contribution in [0.15, 0.2) is 36.4 Å². The zero-order valence-corrected chi connectivity index (χ0v) is 11.7. The molecule has 5 heteroatoms. The highest BCUT2D eigenvalue weighted by Crippen LogP contribution is 2.35. The number of aromatic hydroxyl groups is 2. The predicted octanol–water partition coefficient (Wildman–Crippen LogP) is 4.58. The number of nitrogens with one attached hydrogen (secondary N) is 1. The number of rotatable bonds is 3. The fourth-order valence-electron chi connectivity index (χ4n) is 1.83. The van der Waals surface area contributed by atoms with Gasteiger partial charge in [0.15, 0.2) is 0 Å². The summed E-state index contributed by atoms with van der Waals surface area (Å²) in [5, 5.41) is 23.3. The molecule has 0 radical (unpaired) electrons. The SMILES string of the molecule is CC(Nc1c(Cl)cccc1Cl)c1ccc(O)cc1O. The standard InChI is InChI=1S/C14H13Cl2NO2/c1-8(10-6-5-9(18)7-13(10)19)17-14-11(15)3-2-4-12(14)16/h2-8,17-19H,1H3. The molecule has 3 N–H and O–H groups in total. The first kappa shape index (κ1) is 13.8. The van der Waals surface area contributed by atoms with Gasteiger partial charge in [-0.3, -0.25) is 0 Å². The Labute approximate surface area is 121 Å². The second kappa shape index (κ2) is 5.59. The van der Waals surface area contributed by atoms with Gasteiger partial charge in [-0.05, 0) is 31.2 Å². The largest absolute Gasteiger partial charge is 0.508 e. The molecule has 100 valence electrons. The highest BCUT2D eigenvalue weighted by Gasteiger charge is 2.14. The van der Waals surface area contributed by atoms with Crippen molar-refractivity contribution in [1.82, 2.24) is 0 Å². The van der Waals surface area contributed by atoms with Crippen molar-refractivity contribution >= 4 is 28.9 Å². The second-order valence-electron chi connectivity index (χ2n) is 4.21. The zero-order valence-electron chi connectivity index (χ0n) is 10.2. The van der Waals surface area contributed by atoms with Crippen molar-refractivity contribution in [2.75, 3.05) is 5.32 Å². The van der Waals surface area contributed by atoms with E-state index < -0.39 is 0 Å². The van der Waals surface area contributed by atoms with Crippen LogP contribution >= 0.6 is 23.2 Å². The maximum Gasteiger partial charge on any atom is 0.124 e. The first-order chi connectivity index (χ1) is 8.99. The molecule has 1 unspecified atom stereocenters. The third-order valence-electron chi connectivity index (χ3n) is 2.80. The molecule has 1 atom stereocenters. The van der Waals surface area contributed by atoms with Gasteiger partial charge in [0.1, 0.15) is 11.5 Å². The van der Waals surface area contributed by atoms with Crippen molar-refractivity contribution < 1.29 is 10.2 Å². The molecule has 0 aliphatic rings. The first-order valence-corrected chi connectivity index (χ1v) is 6.47. The van der Waals surface area contributed by atoms with Gasteiger partial charge in [0.25, 0.3) is 0 Å². The molecule has 0 amide bonds. The summed E-state index contributed by atoms with van der Waals surface area (Å²) in [5.41, 5.74) is 1.26. The number of halogens is 2. The highest BCUT2D eigenvalue weighted by molar-refractivity contribution is 6.39. The number of benzene rings is 2. The minimum atomic E-state index is -0.210. The second-order valence-corrected chi connectivity index (χ2v) is 5.02. The van der Waals surface area contributed by atoms with E-state index in [1.54, 1.807) is 24.3 Å². The van der Waals surface area contributed by atoms with E-state index in [1.807, 2.05) is 6.92 Å². The van der Waals surface area contributed by atoms with Crippen molar-refractivity contribution in [3.8, 4) is 11.5 Å². The maximum absolute atomic E-state index is 9.81. The Morgan fingerprint density at radius 3 is 2.26 bits per heavy atom. The van der Waals surface area contributed by atoms with Crippen LogP contribution in [0.3, 0.4) is 0 Å². The third-order valence-corrected chi connectivity index (χ3v) is 3.43. The minimum Gasteiger partial charge on any atom is -0.508 e. The minimum absolute atomic E-state index is 0.0168. The number of phenols is 2. The molecule has 2 rings (SSSR count). The monoisotopic (exact) mass is 297 g/mol. The molecular formula is C14H13Cl2NO2. The van der Waals surface area contributed by atoms with Gasteiger partial charge >= 0.3 is 0 Å². The van der Waals surface area contributed by atoms with Crippen LogP contribution in [0.4, 0.5) is 5.69 Å². The summed E-state index contributed by atoms with van der Waals surface area (Å²) in [6, 6.07) is 9.48. The van der Waals surface area contributed by atoms with Gasteiger partial charge in [-0.15, -0.1) is 0 Å². The van der Waals surface area contributed by atoms with E-state index in [4.69, 9.17) is 23.2 Å². The van der Waals surface area contributed by atoms with Crippen molar-refractivity contribution in [2.45, 2.75) is 13.0 Å². The summed E-state index contributed by atoms with van der Waals surface area (Å²) < 4.78 is 0. The normalized spacial score (nSPS) is 12.2. The maximum atomic E-state index is 9.81. The molecular weight excluding hydrogens is 285 g/mol. The van der Waals surface area contributed by atoms with Crippen LogP contribution in [0.2, 0.25) is 10.0 Å². The molecule has 0 fully saturated rings. The molecule has 0 bridgehead atoms. The Hall–Kier alpha value is -1.58. The molecule has 0 heterocycles. The number of anilines is 1. The summed E-state index contributed by atoms with van der Waals surface area (Å²) in [5.74, 6) is 0.0346. The molecule has 0 aromatic heterocycles. The summed E-state index contributed by atoms with van der Waals surface area (Å²) in [6.07, 6.45) is 0. The molecule has 2 aromatic carbocycles. The fraction of sp³-hybridized carbons (Fsp3) is 0.143. The summed E-state index contributed by atoms with van der Waals surface area (Å²) in [6.45, 7) is 1.87. The van der Waals surface area contributed by atoms with Crippen LogP contribution < -0.4 is 5.32 Å². The van der Waals surface area contributed by atoms with Crippen LogP contribution in [0.1, 0.15) is 18.5 Å². The molecule has 0 saturated heterocycles. The van der Waals surface area contributed by atoms with E-state index >= 15 is 0 Å². The molecule has 2 aromatic rings. The fourth-order valence-corrected chi connectivity index (χ4v) is 2.33. The number of hydrogen-bond donors (Lipinski definition) is 3. The van der Waals surface area contributed by atoms with Crippen molar-refractivity contribution in [1.29, 1.82) is 0 Å². The topological polar surface area (TPSA) is 52.5 Å². The van der Waals surface area contributed by atoms with Gasteiger partial charge in [0.2, 0.25) is 0 Å². The molecule has 0 spiro atoms. The lowest BCUT2D eigenvalue weighted by molar-refractivity contribution is 0.444. The smallest absolute Gasteiger partial charge is 0.124 e. The summed E-state index contributed by atoms with van der Waals surface area (Å²) in [7, 11) is 0. The van der Waals surface area contributed by atoms with Crippen molar-refractivity contribution in [3.05, 3.63) is 52.0 Å². The molecule has 0 aliphatic heterocycles. The quantitative estimate of drug-likeness (QED) is 0.777. The Bertz CT molecular complexity index is 582. The van der Waals surface area contributed by atoms with Crippen LogP contribution in [0.5, 0.6) is 11.5 Å². The van der Waals surface area contributed by atoms with Gasteiger partial charge < -0.3 is 15.5 Å². The lowest BCUT2D eigenvalue weighted by Gasteiger charge is -2.18. The number of phenolic OH excluding ortho intramolecular Hbond substituents is 2. The van der Waals surface area contributed by atoms with E-state index in [-0.39, 0.29) is 17.5 Å². The van der Waals surface area contributed by atoms with Crippen molar-refractivity contribution in [3.63, 3.8) is 0 Å². The van der Waals surface area contributed by atoms with Crippen LogP contribution in [0.25, 0.3) is 0 Å². The van der Waals surface area contributed by atoms with E-state index in [1.165, 1.54) is 12.1 Å². The van der Waals surface area contributed by atoms with Gasteiger partial charge in [0, 0.05) is 11.6 Å². The third kappa shape index (κ3) is 3.06. The van der Waals surface area contributed by atoms with Gasteiger partial charge in [-0.1, -0.05) is 29.3 Å². The summed E-state index contributed by atoms with van der Waals surface area (Å²) in [4.78, 5) is 0. The van der Waals surface area contributed by atoms with E-state index in [2.05, 4.69) is 5.32 Å². The number of hydrogen-bond acceptors (Lipinski definition) is 3. The number of para-hydroxylation sites is 1. The van der Waals surface area contributed by atoms with E-state index in [0.717, 1.165) is 0 Å². The Morgan fingerprint density at radius 1 is 1.05 bits per heavy atom. The van der Waals surface area contributed by atoms with Gasteiger partial charge in [-0.2, -0.15) is 0 Å². The van der Waals surface area contributed by atoms with Gasteiger partial charge in [-0.25, -0.2) is 0 Å². The molecule has 0 aliphatic carbocycles. The predicted molar refractivity (Wildman–Crippen MR) is 78.3 cm³/mol. The van der Waals surface area contributed by atoms with Crippen LogP contribution in [-0.4, -0.2) is 10.2 Å². The zero-order chi connectivity index (χ0) is 14.0. The lowest BCUT2D eigenvalue weighted by atomic mass is 10.1. The summed E-state index contributed by atoms with van der Waals surface area (Å²) >= 11 is 12.2. The first-order valence-electron chi connectivity index (χ1n) is 5.71. The highest BCUT2D eigenvalue weighted by atomic mass is 35.5. The molecule has 0 saturated carbocycles. The van der Waals surface area contributed by atoms with Gasteiger partial charge in [0.05, 0.1) is 21.8 Å². The molecule has 19 heavy (non-hydrogen) atoms. The Kier molecular flexibility index (Phi) is 4.08. The van der Waals surface area contributed by atoms with E-state index in [0.29, 0.717) is 21.3 Å². The molecule has 3 nitrogen and oxygen atoms in total. The Morgan fingerprint density at radius 2 is 1.68 bits per heavy atom. The van der Waals surface area contributed by atoms with Crippen molar-refractivity contribution in [2.24, 2.45) is 0 Å². The van der Waals surface area contributed by atoms with E-state index in [9.17, 15) is 10.2 Å². The lowest BCUT2D eigenvalue weighted by Crippen LogP contribution is -2.07. The average Bonchev–Trinajstić information content (AvgIpc) is 2.33. The van der Waals surface area contributed by atoms with Crippen LogP contribution in [0, 0.1) is 0 Å².